The number of hydrogen-bond donors (Lipinski definition) is 2. The SMILES string of the molecule is CC1CC(NC(=O)c2ccc(C(C)(C)C)c([N+](=O)[O-])c2)CCN1. The highest BCUT2D eigenvalue weighted by Crippen LogP contribution is 2.31. The number of nitro groups is 1. The number of hydrogen-bond acceptors (Lipinski definition) is 4. The van der Waals surface area contributed by atoms with Crippen molar-refractivity contribution >= 4 is 11.6 Å². The molecule has 2 N–H and O–H groups in total. The Morgan fingerprint density at radius 3 is 2.65 bits per heavy atom. The highest BCUT2D eigenvalue weighted by Gasteiger charge is 2.27. The summed E-state index contributed by atoms with van der Waals surface area (Å²) in [6.07, 6.45) is 1.74. The van der Waals surface area contributed by atoms with E-state index in [9.17, 15) is 14.9 Å². The van der Waals surface area contributed by atoms with E-state index in [0.29, 0.717) is 17.2 Å². The number of benzene rings is 1. The Balaban J connectivity index is 2.21. The molecular formula is C17H25N3O3. The summed E-state index contributed by atoms with van der Waals surface area (Å²) in [6.45, 7) is 8.72. The lowest BCUT2D eigenvalue weighted by atomic mass is 9.85. The van der Waals surface area contributed by atoms with Crippen LogP contribution in [0.5, 0.6) is 0 Å². The summed E-state index contributed by atoms with van der Waals surface area (Å²) in [6, 6.07) is 5.23. The van der Waals surface area contributed by atoms with Gasteiger partial charge in [0, 0.05) is 29.3 Å². The molecule has 126 valence electrons. The van der Waals surface area contributed by atoms with Crippen molar-refractivity contribution in [2.45, 2.75) is 58.0 Å². The summed E-state index contributed by atoms with van der Waals surface area (Å²) >= 11 is 0. The highest BCUT2D eigenvalue weighted by atomic mass is 16.6. The van der Waals surface area contributed by atoms with E-state index in [-0.39, 0.29) is 23.1 Å². The topological polar surface area (TPSA) is 84.3 Å². The molecule has 2 rings (SSSR count). The third kappa shape index (κ3) is 4.28. The van der Waals surface area contributed by atoms with E-state index in [1.165, 1.54) is 6.07 Å². The summed E-state index contributed by atoms with van der Waals surface area (Å²) in [7, 11) is 0. The fourth-order valence-electron chi connectivity index (χ4n) is 2.99. The van der Waals surface area contributed by atoms with Gasteiger partial charge in [-0.15, -0.1) is 0 Å². The van der Waals surface area contributed by atoms with Crippen LogP contribution in [0.25, 0.3) is 0 Å². The molecule has 6 heteroatoms. The van der Waals surface area contributed by atoms with Gasteiger partial charge in [0.25, 0.3) is 11.6 Å². The molecule has 1 saturated heterocycles. The van der Waals surface area contributed by atoms with E-state index in [0.717, 1.165) is 19.4 Å². The van der Waals surface area contributed by atoms with Gasteiger partial charge < -0.3 is 10.6 Å². The standard InChI is InChI=1S/C17H25N3O3/c1-11-9-13(7-8-18-11)19-16(21)12-5-6-14(17(2,3)4)15(10-12)20(22)23/h5-6,10-11,13,18H,7-9H2,1-4H3,(H,19,21). The molecule has 1 fully saturated rings. The van der Waals surface area contributed by atoms with Crippen molar-refractivity contribution in [1.82, 2.24) is 10.6 Å². The van der Waals surface area contributed by atoms with Gasteiger partial charge in [0.2, 0.25) is 0 Å². The van der Waals surface area contributed by atoms with E-state index in [2.05, 4.69) is 17.6 Å². The Kier molecular flexibility index (Phi) is 5.04. The van der Waals surface area contributed by atoms with Crippen LogP contribution in [-0.4, -0.2) is 29.5 Å². The predicted molar refractivity (Wildman–Crippen MR) is 89.7 cm³/mol. The number of rotatable bonds is 3. The monoisotopic (exact) mass is 319 g/mol. The molecule has 1 aromatic carbocycles. The minimum absolute atomic E-state index is 0.00355. The van der Waals surface area contributed by atoms with Crippen LogP contribution in [0.3, 0.4) is 0 Å². The Hall–Kier alpha value is -1.95. The van der Waals surface area contributed by atoms with E-state index in [1.54, 1.807) is 12.1 Å². The van der Waals surface area contributed by atoms with Crippen molar-refractivity contribution in [3.8, 4) is 0 Å². The van der Waals surface area contributed by atoms with Crippen LogP contribution in [0.4, 0.5) is 5.69 Å². The van der Waals surface area contributed by atoms with Crippen molar-refractivity contribution in [1.29, 1.82) is 0 Å². The first kappa shape index (κ1) is 17.4. The Bertz CT molecular complexity index is 608. The zero-order chi connectivity index (χ0) is 17.2. The lowest BCUT2D eigenvalue weighted by Gasteiger charge is -2.28. The highest BCUT2D eigenvalue weighted by molar-refractivity contribution is 5.95. The number of carbonyl (C=O) groups is 1. The fraction of sp³-hybridized carbons (Fsp3) is 0.588. The van der Waals surface area contributed by atoms with Crippen LogP contribution in [0, 0.1) is 10.1 Å². The molecule has 1 aromatic rings. The molecule has 0 bridgehead atoms. The van der Waals surface area contributed by atoms with Crippen molar-refractivity contribution in [2.24, 2.45) is 0 Å². The van der Waals surface area contributed by atoms with Gasteiger partial charge in [-0.2, -0.15) is 0 Å². The van der Waals surface area contributed by atoms with Gasteiger partial charge >= 0.3 is 0 Å². The summed E-state index contributed by atoms with van der Waals surface area (Å²) in [5.41, 5.74) is 0.635. The van der Waals surface area contributed by atoms with Crippen LogP contribution in [0.2, 0.25) is 0 Å². The number of nitrogens with zero attached hydrogens (tertiary/aromatic N) is 1. The number of nitrogens with one attached hydrogen (secondary N) is 2. The van der Waals surface area contributed by atoms with Crippen LogP contribution in [-0.2, 0) is 5.41 Å². The van der Waals surface area contributed by atoms with Crippen LogP contribution < -0.4 is 10.6 Å². The van der Waals surface area contributed by atoms with Gasteiger partial charge in [-0.1, -0.05) is 26.8 Å². The normalized spacial score (nSPS) is 21.7. The molecule has 0 spiro atoms. The lowest BCUT2D eigenvalue weighted by Crippen LogP contribution is -2.46. The molecule has 0 aliphatic carbocycles. The quantitative estimate of drug-likeness (QED) is 0.663. The summed E-state index contributed by atoms with van der Waals surface area (Å²) in [4.78, 5) is 23.3. The van der Waals surface area contributed by atoms with E-state index in [1.807, 2.05) is 20.8 Å². The van der Waals surface area contributed by atoms with Gasteiger partial charge in [-0.25, -0.2) is 0 Å². The third-order valence-electron chi connectivity index (χ3n) is 4.22. The second-order valence-electron chi connectivity index (χ2n) is 7.29. The number of nitro benzene ring substituents is 1. The molecule has 0 saturated carbocycles. The third-order valence-corrected chi connectivity index (χ3v) is 4.22. The maximum Gasteiger partial charge on any atom is 0.273 e. The van der Waals surface area contributed by atoms with E-state index < -0.39 is 4.92 Å². The molecule has 1 heterocycles. The van der Waals surface area contributed by atoms with Crippen molar-refractivity contribution in [3.05, 3.63) is 39.4 Å². The van der Waals surface area contributed by atoms with E-state index in [4.69, 9.17) is 0 Å². The van der Waals surface area contributed by atoms with Gasteiger partial charge in [0.15, 0.2) is 0 Å². The molecule has 2 unspecified atom stereocenters. The van der Waals surface area contributed by atoms with Crippen molar-refractivity contribution in [3.63, 3.8) is 0 Å². The summed E-state index contributed by atoms with van der Waals surface area (Å²) in [5, 5.41) is 17.7. The zero-order valence-corrected chi connectivity index (χ0v) is 14.2. The molecule has 1 amide bonds. The summed E-state index contributed by atoms with van der Waals surface area (Å²) < 4.78 is 0. The second kappa shape index (κ2) is 6.66. The molecule has 6 nitrogen and oxygen atoms in total. The van der Waals surface area contributed by atoms with Crippen molar-refractivity contribution < 1.29 is 9.72 Å². The van der Waals surface area contributed by atoms with E-state index >= 15 is 0 Å². The first-order valence-electron chi connectivity index (χ1n) is 8.01. The van der Waals surface area contributed by atoms with Gasteiger partial charge in [-0.05, 0) is 37.8 Å². The number of piperidine rings is 1. The van der Waals surface area contributed by atoms with Crippen molar-refractivity contribution in [2.75, 3.05) is 6.54 Å². The average molecular weight is 319 g/mol. The fourth-order valence-corrected chi connectivity index (χ4v) is 2.99. The zero-order valence-electron chi connectivity index (χ0n) is 14.2. The molecule has 0 aromatic heterocycles. The Morgan fingerprint density at radius 1 is 1.39 bits per heavy atom. The number of amides is 1. The molecule has 0 radical (unpaired) electrons. The molecule has 2 atom stereocenters. The molecular weight excluding hydrogens is 294 g/mol. The van der Waals surface area contributed by atoms with Gasteiger partial charge in [0.05, 0.1) is 4.92 Å². The van der Waals surface area contributed by atoms with Gasteiger partial charge in [0.1, 0.15) is 0 Å². The smallest absolute Gasteiger partial charge is 0.273 e. The minimum atomic E-state index is -0.413. The maximum atomic E-state index is 12.4. The molecule has 23 heavy (non-hydrogen) atoms. The molecule has 1 aliphatic heterocycles. The first-order valence-corrected chi connectivity index (χ1v) is 8.01. The number of carbonyl (C=O) groups excluding carboxylic acids is 1. The van der Waals surface area contributed by atoms with Crippen LogP contribution in [0.15, 0.2) is 18.2 Å². The van der Waals surface area contributed by atoms with Crippen LogP contribution in [0.1, 0.15) is 56.5 Å². The minimum Gasteiger partial charge on any atom is -0.349 e. The van der Waals surface area contributed by atoms with Crippen LogP contribution >= 0.6 is 0 Å². The Labute approximate surface area is 136 Å². The Morgan fingerprint density at radius 2 is 2.09 bits per heavy atom. The largest absolute Gasteiger partial charge is 0.349 e. The molecule has 1 aliphatic rings. The lowest BCUT2D eigenvalue weighted by molar-refractivity contribution is -0.386. The predicted octanol–water partition coefficient (Wildman–Crippen LogP) is 2.76. The maximum absolute atomic E-state index is 12.4. The first-order chi connectivity index (χ1) is 10.7. The summed E-state index contributed by atoms with van der Waals surface area (Å²) in [5.74, 6) is -0.243. The average Bonchev–Trinajstić information content (AvgIpc) is 2.45. The second-order valence-corrected chi connectivity index (χ2v) is 7.29. The van der Waals surface area contributed by atoms with Gasteiger partial charge in [-0.3, -0.25) is 14.9 Å².